The second-order valence-electron chi connectivity index (χ2n) is 7.26. The van der Waals surface area contributed by atoms with Crippen molar-refractivity contribution in [3.63, 3.8) is 0 Å². The summed E-state index contributed by atoms with van der Waals surface area (Å²) in [7, 11) is 0. The van der Waals surface area contributed by atoms with Crippen LogP contribution < -0.4 is 0 Å². The van der Waals surface area contributed by atoms with Gasteiger partial charge in [0.05, 0.1) is 13.1 Å². The van der Waals surface area contributed by atoms with Crippen LogP contribution >= 0.6 is 34.0 Å². The highest BCUT2D eigenvalue weighted by atomic mass is 32.1. The number of thiophene rings is 3. The number of hydrogen-bond acceptors (Lipinski definition) is 7. The van der Waals surface area contributed by atoms with Crippen LogP contribution in [-0.4, -0.2) is 25.2 Å². The summed E-state index contributed by atoms with van der Waals surface area (Å²) in [4.78, 5) is 35.5. The molecule has 162 valence electrons. The molecular weight excluding hydrogens is 444 g/mol. The first-order valence-corrected chi connectivity index (χ1v) is 13.1. The fraction of sp³-hybridized carbons (Fsp3) is 0.417. The van der Waals surface area contributed by atoms with Gasteiger partial charge in [0.25, 0.3) is 0 Å². The van der Waals surface area contributed by atoms with Crippen LogP contribution in [0.3, 0.4) is 0 Å². The lowest BCUT2D eigenvalue weighted by molar-refractivity contribution is 0.560. The van der Waals surface area contributed by atoms with E-state index in [0.717, 1.165) is 51.4 Å². The summed E-state index contributed by atoms with van der Waals surface area (Å²) in [6.45, 7) is 1.19. The molecule has 4 nitrogen and oxygen atoms in total. The van der Waals surface area contributed by atoms with E-state index in [1.165, 1.54) is 29.3 Å². The molecule has 0 spiro atoms. The van der Waals surface area contributed by atoms with E-state index in [1.54, 1.807) is 12.2 Å². The Kier molecular flexibility index (Phi) is 10.1. The van der Waals surface area contributed by atoms with Gasteiger partial charge in [0.15, 0.2) is 0 Å². The van der Waals surface area contributed by atoms with E-state index in [1.807, 2.05) is 34.0 Å². The molecule has 0 aliphatic rings. The second kappa shape index (κ2) is 13.3. The van der Waals surface area contributed by atoms with Crippen molar-refractivity contribution in [3.8, 4) is 19.5 Å². The molecule has 0 aliphatic heterocycles. The highest BCUT2D eigenvalue weighted by Gasteiger charge is 2.10. The Hall–Kier alpha value is -2.14. The third kappa shape index (κ3) is 7.80. The standard InChI is InChI=1S/C24H26N2O2S3/c27-17-25-15-5-1-3-7-19-9-11-21(29-19)23-13-14-24(31-23)22-12-10-20(30-22)8-4-2-6-16-26-18-28/h9-14H,1-8,15-16H2. The number of carbonyl (C=O) groups excluding carboxylic acids is 2. The number of unbranched alkanes of at least 4 members (excludes halogenated alkanes) is 4. The van der Waals surface area contributed by atoms with E-state index in [4.69, 9.17) is 0 Å². The van der Waals surface area contributed by atoms with Gasteiger partial charge in [-0.25, -0.2) is 19.6 Å². The molecule has 3 aromatic rings. The van der Waals surface area contributed by atoms with Crippen molar-refractivity contribution in [2.45, 2.75) is 51.4 Å². The van der Waals surface area contributed by atoms with Gasteiger partial charge in [-0.15, -0.1) is 34.0 Å². The number of aryl methyl sites for hydroxylation is 2. The minimum Gasteiger partial charge on any atom is -0.211 e. The molecule has 0 amide bonds. The molecule has 0 saturated heterocycles. The Balaban J connectivity index is 1.48. The summed E-state index contributed by atoms with van der Waals surface area (Å²) in [6, 6.07) is 13.4. The minimum absolute atomic E-state index is 0.595. The van der Waals surface area contributed by atoms with Gasteiger partial charge in [0.1, 0.15) is 0 Å². The van der Waals surface area contributed by atoms with Crippen LogP contribution in [0.25, 0.3) is 19.5 Å². The fourth-order valence-electron chi connectivity index (χ4n) is 3.32. The van der Waals surface area contributed by atoms with Crippen molar-refractivity contribution in [3.05, 3.63) is 46.2 Å². The average Bonchev–Trinajstić information content (AvgIpc) is 3.53. The highest BCUT2D eigenvalue weighted by molar-refractivity contribution is 7.26. The number of nitrogens with zero attached hydrogens (tertiary/aromatic N) is 2. The molecule has 0 aromatic carbocycles. The van der Waals surface area contributed by atoms with E-state index in [2.05, 4.69) is 46.4 Å². The van der Waals surface area contributed by atoms with Gasteiger partial charge in [-0.05, 0) is 74.9 Å². The molecular formula is C24H26N2O2S3. The Labute approximate surface area is 195 Å². The van der Waals surface area contributed by atoms with Crippen LogP contribution in [0.4, 0.5) is 0 Å². The largest absolute Gasteiger partial charge is 0.234 e. The molecule has 31 heavy (non-hydrogen) atoms. The third-order valence-electron chi connectivity index (χ3n) is 4.93. The molecule has 3 rings (SSSR count). The van der Waals surface area contributed by atoms with Crippen molar-refractivity contribution in [1.29, 1.82) is 0 Å². The number of isocyanates is 2. The summed E-state index contributed by atoms with van der Waals surface area (Å²) >= 11 is 5.63. The first-order valence-electron chi connectivity index (χ1n) is 10.7. The van der Waals surface area contributed by atoms with Crippen LogP contribution in [0.2, 0.25) is 0 Å². The lowest BCUT2D eigenvalue weighted by atomic mass is 10.2. The normalized spacial score (nSPS) is 10.6. The summed E-state index contributed by atoms with van der Waals surface area (Å²) in [6.07, 6.45) is 11.7. The van der Waals surface area contributed by atoms with Gasteiger partial charge in [-0.2, -0.15) is 0 Å². The molecule has 0 fully saturated rings. The van der Waals surface area contributed by atoms with Crippen LogP contribution in [0.15, 0.2) is 46.4 Å². The SMILES string of the molecule is O=C=NCCCCCc1ccc(-c2ccc(-c3ccc(CCCCCN=C=O)s3)s2)s1. The summed E-state index contributed by atoms with van der Waals surface area (Å²) in [5, 5.41) is 0. The number of rotatable bonds is 14. The molecule has 0 bridgehead atoms. The zero-order chi connectivity index (χ0) is 21.7. The molecule has 3 heterocycles. The predicted molar refractivity (Wildman–Crippen MR) is 132 cm³/mol. The van der Waals surface area contributed by atoms with Crippen LogP contribution in [0.5, 0.6) is 0 Å². The van der Waals surface area contributed by atoms with Crippen molar-refractivity contribution >= 4 is 46.2 Å². The van der Waals surface area contributed by atoms with Crippen molar-refractivity contribution in [1.82, 2.24) is 0 Å². The lowest BCUT2D eigenvalue weighted by Gasteiger charge is -1.97. The van der Waals surface area contributed by atoms with Gasteiger partial charge in [-0.1, -0.05) is 12.8 Å². The van der Waals surface area contributed by atoms with E-state index in [-0.39, 0.29) is 0 Å². The smallest absolute Gasteiger partial charge is 0.211 e. The van der Waals surface area contributed by atoms with E-state index >= 15 is 0 Å². The zero-order valence-corrected chi connectivity index (χ0v) is 19.9. The van der Waals surface area contributed by atoms with Gasteiger partial charge in [-0.3, -0.25) is 0 Å². The number of hydrogen-bond donors (Lipinski definition) is 0. The topological polar surface area (TPSA) is 58.9 Å². The average molecular weight is 471 g/mol. The van der Waals surface area contributed by atoms with Gasteiger partial charge in [0.2, 0.25) is 12.2 Å². The first-order chi connectivity index (χ1) is 15.3. The Morgan fingerprint density at radius 1 is 0.548 bits per heavy atom. The quantitative estimate of drug-likeness (QED) is 0.141. The molecule has 0 unspecified atom stereocenters. The Morgan fingerprint density at radius 3 is 1.42 bits per heavy atom. The first kappa shape index (κ1) is 23.5. The van der Waals surface area contributed by atoms with E-state index < -0.39 is 0 Å². The molecule has 0 atom stereocenters. The molecule has 0 N–H and O–H groups in total. The highest BCUT2D eigenvalue weighted by Crippen LogP contribution is 2.40. The Morgan fingerprint density at radius 2 is 0.968 bits per heavy atom. The molecule has 7 heteroatoms. The van der Waals surface area contributed by atoms with Crippen LogP contribution in [0, 0.1) is 0 Å². The minimum atomic E-state index is 0.595. The van der Waals surface area contributed by atoms with Gasteiger partial charge in [0, 0.05) is 29.3 Å². The maximum atomic E-state index is 10.1. The maximum absolute atomic E-state index is 10.1. The van der Waals surface area contributed by atoms with Gasteiger partial charge >= 0.3 is 0 Å². The van der Waals surface area contributed by atoms with Crippen molar-refractivity contribution in [2.75, 3.05) is 13.1 Å². The lowest BCUT2D eigenvalue weighted by Crippen LogP contribution is -1.84. The molecule has 3 aromatic heterocycles. The predicted octanol–water partition coefficient (Wildman–Crippen LogP) is 7.30. The third-order valence-corrected chi connectivity index (χ3v) is 8.70. The molecule has 0 saturated carbocycles. The summed E-state index contributed by atoms with van der Waals surface area (Å²) in [5.74, 6) is 0. The van der Waals surface area contributed by atoms with E-state index in [0.29, 0.717) is 13.1 Å². The number of aliphatic imine (C=N–C) groups is 2. The maximum Gasteiger partial charge on any atom is 0.234 e. The Bertz CT molecular complexity index is 956. The summed E-state index contributed by atoms with van der Waals surface area (Å²) in [5.41, 5.74) is 0. The van der Waals surface area contributed by atoms with Crippen LogP contribution in [-0.2, 0) is 22.4 Å². The fourth-order valence-corrected chi connectivity index (χ4v) is 6.60. The second-order valence-corrected chi connectivity index (χ2v) is 10.7. The molecule has 0 radical (unpaired) electrons. The van der Waals surface area contributed by atoms with E-state index in [9.17, 15) is 9.59 Å². The molecule has 0 aliphatic carbocycles. The summed E-state index contributed by atoms with van der Waals surface area (Å²) < 4.78 is 0. The zero-order valence-electron chi connectivity index (χ0n) is 17.5. The van der Waals surface area contributed by atoms with Gasteiger partial charge < -0.3 is 0 Å². The monoisotopic (exact) mass is 470 g/mol. The van der Waals surface area contributed by atoms with Crippen LogP contribution in [0.1, 0.15) is 48.3 Å². The van der Waals surface area contributed by atoms with Crippen molar-refractivity contribution < 1.29 is 9.59 Å². The van der Waals surface area contributed by atoms with Crippen molar-refractivity contribution in [2.24, 2.45) is 9.98 Å².